The van der Waals surface area contributed by atoms with Crippen LogP contribution in [0.2, 0.25) is 0 Å². The van der Waals surface area contributed by atoms with Gasteiger partial charge in [-0.15, -0.1) is 0 Å². The molecule has 1 aromatic rings. The van der Waals surface area contributed by atoms with Crippen molar-refractivity contribution in [2.24, 2.45) is 0 Å². The molecule has 0 aliphatic heterocycles. The summed E-state index contributed by atoms with van der Waals surface area (Å²) in [5, 5.41) is 0. The summed E-state index contributed by atoms with van der Waals surface area (Å²) in [7, 11) is 4.57. The SMILES string of the molecule is CCCCC[N+](C)(C)c1ccccc1.[SnH4]. The fraction of sp³-hybridized carbons (Fsp3) is 0.538. The average molecular weight is 315 g/mol. The van der Waals surface area contributed by atoms with Crippen LogP contribution < -0.4 is 4.48 Å². The molecule has 2 heteroatoms. The molecule has 0 unspecified atom stereocenters. The number of rotatable bonds is 5. The number of quaternary nitrogens is 1. The van der Waals surface area contributed by atoms with Gasteiger partial charge in [0, 0.05) is 0 Å². The molecule has 1 nitrogen and oxygen atoms in total. The summed E-state index contributed by atoms with van der Waals surface area (Å²) in [6.45, 7) is 3.49. The van der Waals surface area contributed by atoms with E-state index in [0.717, 1.165) is 4.48 Å². The van der Waals surface area contributed by atoms with Crippen molar-refractivity contribution in [3.05, 3.63) is 30.3 Å². The summed E-state index contributed by atoms with van der Waals surface area (Å²) in [6, 6.07) is 10.7. The normalized spacial score (nSPS) is 10.9. The number of nitrogens with zero attached hydrogens (tertiary/aromatic N) is 1. The molecule has 86 valence electrons. The Kier molecular flexibility index (Phi) is 7.27. The Morgan fingerprint density at radius 2 is 1.60 bits per heavy atom. The summed E-state index contributed by atoms with van der Waals surface area (Å²) in [5.41, 5.74) is 1.41. The molecule has 1 aromatic carbocycles. The van der Waals surface area contributed by atoms with Crippen LogP contribution in [0.1, 0.15) is 26.2 Å². The number of benzene rings is 1. The van der Waals surface area contributed by atoms with Crippen LogP contribution in [-0.4, -0.2) is 44.5 Å². The van der Waals surface area contributed by atoms with E-state index in [1.807, 2.05) is 0 Å². The molecule has 0 saturated heterocycles. The minimum absolute atomic E-state index is 0. The number of para-hydroxylation sites is 1. The van der Waals surface area contributed by atoms with E-state index in [4.69, 9.17) is 0 Å². The molecule has 0 aliphatic carbocycles. The third-order valence-corrected chi connectivity index (χ3v) is 2.78. The van der Waals surface area contributed by atoms with Crippen molar-refractivity contribution >= 4 is 29.6 Å². The molecule has 15 heavy (non-hydrogen) atoms. The second kappa shape index (κ2) is 7.28. The Morgan fingerprint density at radius 1 is 1.00 bits per heavy atom. The predicted molar refractivity (Wildman–Crippen MR) is 75.8 cm³/mol. The van der Waals surface area contributed by atoms with Gasteiger partial charge in [0.15, 0.2) is 0 Å². The molecule has 0 aliphatic rings. The van der Waals surface area contributed by atoms with E-state index in [0.29, 0.717) is 0 Å². The molecule has 0 radical (unpaired) electrons. The van der Waals surface area contributed by atoms with Gasteiger partial charge in [0.05, 0.1) is 20.6 Å². The van der Waals surface area contributed by atoms with Gasteiger partial charge in [0.25, 0.3) is 0 Å². The molecule has 0 spiro atoms. The standard InChI is InChI=1S/C13H22N.Sn.4H/c1-4-5-9-12-14(2,3)13-10-7-6-8-11-13;;;;;/h6-8,10-11H,4-5,9,12H2,1-3H3;;;;;/q+1;;;;;. The topological polar surface area (TPSA) is 0 Å². The van der Waals surface area contributed by atoms with E-state index in [9.17, 15) is 0 Å². The van der Waals surface area contributed by atoms with Crippen LogP contribution in [0, 0.1) is 0 Å². The Balaban J connectivity index is 0.00000196. The van der Waals surface area contributed by atoms with Crippen LogP contribution >= 0.6 is 0 Å². The van der Waals surface area contributed by atoms with E-state index in [1.54, 1.807) is 0 Å². The third kappa shape index (κ3) is 5.03. The van der Waals surface area contributed by atoms with Crippen LogP contribution in [0.15, 0.2) is 30.3 Å². The molecule has 0 heterocycles. The first-order valence-electron chi connectivity index (χ1n) is 5.55. The maximum atomic E-state index is 2.28. The van der Waals surface area contributed by atoms with Crippen molar-refractivity contribution < 1.29 is 0 Å². The van der Waals surface area contributed by atoms with Gasteiger partial charge < -0.3 is 0 Å². The third-order valence-electron chi connectivity index (χ3n) is 2.78. The van der Waals surface area contributed by atoms with E-state index in [-0.39, 0.29) is 23.9 Å². The van der Waals surface area contributed by atoms with Crippen LogP contribution in [0.3, 0.4) is 0 Å². The van der Waals surface area contributed by atoms with Gasteiger partial charge in [-0.2, -0.15) is 0 Å². The van der Waals surface area contributed by atoms with Crippen molar-refractivity contribution in [2.75, 3.05) is 20.6 Å². The van der Waals surface area contributed by atoms with Gasteiger partial charge in [-0.3, -0.25) is 4.48 Å². The van der Waals surface area contributed by atoms with E-state index in [1.165, 1.54) is 31.5 Å². The van der Waals surface area contributed by atoms with Crippen LogP contribution in [0.5, 0.6) is 0 Å². The second-order valence-corrected chi connectivity index (χ2v) is 4.45. The van der Waals surface area contributed by atoms with E-state index < -0.39 is 0 Å². The first kappa shape index (κ1) is 15.0. The van der Waals surface area contributed by atoms with Gasteiger partial charge in [0.1, 0.15) is 5.69 Å². The first-order valence-corrected chi connectivity index (χ1v) is 5.55. The molecule has 0 fully saturated rings. The van der Waals surface area contributed by atoms with Crippen molar-refractivity contribution in [2.45, 2.75) is 26.2 Å². The number of hydrogen-bond donors (Lipinski definition) is 0. The quantitative estimate of drug-likeness (QED) is 0.443. The minimum atomic E-state index is 0. The van der Waals surface area contributed by atoms with Gasteiger partial charge in [-0.05, 0) is 25.0 Å². The molecule has 0 atom stereocenters. The Labute approximate surface area is 111 Å². The van der Waals surface area contributed by atoms with Gasteiger partial charge in [-0.1, -0.05) is 31.5 Å². The summed E-state index contributed by atoms with van der Waals surface area (Å²) in [6.07, 6.45) is 3.96. The fourth-order valence-corrected chi connectivity index (χ4v) is 1.72. The van der Waals surface area contributed by atoms with Crippen molar-refractivity contribution in [3.63, 3.8) is 0 Å². The summed E-state index contributed by atoms with van der Waals surface area (Å²) in [5.74, 6) is 0. The van der Waals surface area contributed by atoms with Crippen molar-refractivity contribution in [3.8, 4) is 0 Å². The van der Waals surface area contributed by atoms with Gasteiger partial charge in [0.2, 0.25) is 0 Å². The van der Waals surface area contributed by atoms with Crippen LogP contribution in [0.25, 0.3) is 0 Å². The molecular formula is C13H26NSn+. The maximum absolute atomic E-state index is 2.28. The van der Waals surface area contributed by atoms with Crippen LogP contribution in [-0.2, 0) is 0 Å². The van der Waals surface area contributed by atoms with Crippen LogP contribution in [0.4, 0.5) is 5.69 Å². The molecule has 0 N–H and O–H groups in total. The Hall–Kier alpha value is -0.0213. The Bertz CT molecular complexity index is 256. The monoisotopic (exact) mass is 316 g/mol. The molecular weight excluding hydrogens is 289 g/mol. The molecule has 0 saturated carbocycles. The zero-order valence-corrected chi connectivity index (χ0v) is 9.66. The van der Waals surface area contributed by atoms with E-state index >= 15 is 0 Å². The zero-order chi connectivity index (χ0) is 10.4. The summed E-state index contributed by atoms with van der Waals surface area (Å²) < 4.78 is 1.00. The van der Waals surface area contributed by atoms with Crippen molar-refractivity contribution in [1.82, 2.24) is 4.48 Å². The number of unbranched alkanes of at least 4 members (excludes halogenated alkanes) is 2. The summed E-state index contributed by atoms with van der Waals surface area (Å²) >= 11 is 0. The Morgan fingerprint density at radius 3 is 2.13 bits per heavy atom. The molecule has 0 bridgehead atoms. The molecule has 1 rings (SSSR count). The predicted octanol–water partition coefficient (Wildman–Crippen LogP) is 1.99. The average Bonchev–Trinajstić information content (AvgIpc) is 2.19. The zero-order valence-electron chi connectivity index (χ0n) is 9.66. The number of hydrogen-bond acceptors (Lipinski definition) is 0. The molecule has 0 amide bonds. The fourth-order valence-electron chi connectivity index (χ4n) is 1.72. The van der Waals surface area contributed by atoms with Gasteiger partial charge >= 0.3 is 23.9 Å². The second-order valence-electron chi connectivity index (χ2n) is 4.45. The summed E-state index contributed by atoms with van der Waals surface area (Å²) in [4.78, 5) is 0. The van der Waals surface area contributed by atoms with Crippen molar-refractivity contribution in [1.29, 1.82) is 0 Å². The molecule has 0 aromatic heterocycles. The first-order chi connectivity index (χ1) is 6.67. The van der Waals surface area contributed by atoms with Gasteiger partial charge in [-0.25, -0.2) is 0 Å². The van der Waals surface area contributed by atoms with E-state index in [2.05, 4.69) is 51.4 Å².